The highest BCUT2D eigenvalue weighted by molar-refractivity contribution is 7.89. The van der Waals surface area contributed by atoms with Crippen LogP contribution in [0.3, 0.4) is 0 Å². The molecular weight excluding hydrogens is 380 g/mol. The van der Waals surface area contributed by atoms with Crippen molar-refractivity contribution < 1.29 is 18.0 Å². The van der Waals surface area contributed by atoms with E-state index in [1.54, 1.807) is 43.3 Å². The van der Waals surface area contributed by atoms with E-state index in [-0.39, 0.29) is 16.7 Å². The monoisotopic (exact) mass is 410 g/mol. The largest absolute Gasteiger partial charge is 0.348 e. The van der Waals surface area contributed by atoms with Gasteiger partial charge in [0.2, 0.25) is 21.8 Å². The molecule has 0 atom stereocenters. The first-order valence-corrected chi connectivity index (χ1v) is 10.9. The maximum absolute atomic E-state index is 12.6. The highest BCUT2D eigenvalue weighted by atomic mass is 32.2. The van der Waals surface area contributed by atoms with Crippen LogP contribution in [0.4, 0.5) is 0 Å². The summed E-state index contributed by atoms with van der Waals surface area (Å²) >= 11 is 0. The number of hydrogen-bond donors (Lipinski definition) is 1. The SMILES string of the molecule is CNS(=O)(=O)c1ccc(CCC(=O)N2CCCN(CC(=O)N(C)C)CC2)cc1. The number of sulfonamides is 1. The van der Waals surface area contributed by atoms with E-state index >= 15 is 0 Å². The third-order valence-electron chi connectivity index (χ3n) is 4.93. The average molecular weight is 411 g/mol. The molecule has 0 bridgehead atoms. The number of nitrogens with one attached hydrogen (secondary N) is 1. The molecule has 156 valence electrons. The Morgan fingerprint density at radius 2 is 1.75 bits per heavy atom. The zero-order valence-corrected chi connectivity index (χ0v) is 17.7. The summed E-state index contributed by atoms with van der Waals surface area (Å²) in [4.78, 5) is 30.2. The van der Waals surface area contributed by atoms with Crippen LogP contribution in [0.1, 0.15) is 18.4 Å². The zero-order chi connectivity index (χ0) is 20.7. The lowest BCUT2D eigenvalue weighted by Crippen LogP contribution is -2.39. The van der Waals surface area contributed by atoms with E-state index in [1.165, 1.54) is 7.05 Å². The van der Waals surface area contributed by atoms with Gasteiger partial charge in [-0.1, -0.05) is 12.1 Å². The summed E-state index contributed by atoms with van der Waals surface area (Å²) in [6.45, 7) is 3.22. The Labute approximate surface area is 167 Å². The number of hydrogen-bond acceptors (Lipinski definition) is 5. The fourth-order valence-electron chi connectivity index (χ4n) is 3.07. The molecule has 2 amide bonds. The van der Waals surface area contributed by atoms with Crippen LogP contribution in [0.2, 0.25) is 0 Å². The molecule has 2 rings (SSSR count). The van der Waals surface area contributed by atoms with Gasteiger partial charge in [0, 0.05) is 46.7 Å². The van der Waals surface area contributed by atoms with E-state index in [4.69, 9.17) is 0 Å². The van der Waals surface area contributed by atoms with Crippen molar-refractivity contribution in [2.75, 3.05) is 53.9 Å². The first kappa shape index (κ1) is 22.3. The van der Waals surface area contributed by atoms with Crippen LogP contribution in [-0.2, 0) is 26.0 Å². The van der Waals surface area contributed by atoms with Crippen molar-refractivity contribution in [1.29, 1.82) is 0 Å². The normalized spacial score (nSPS) is 15.9. The molecule has 0 unspecified atom stereocenters. The second-order valence-electron chi connectivity index (χ2n) is 7.15. The minimum atomic E-state index is -3.44. The molecule has 0 spiro atoms. The standard InChI is InChI=1S/C19H30N4O4S/c1-20-28(26,27)17-8-5-16(6-9-17)7-10-18(24)23-12-4-11-22(13-14-23)15-19(25)21(2)3/h5-6,8-9,20H,4,7,10-15H2,1-3H3. The Bertz CT molecular complexity index is 778. The molecular formula is C19H30N4O4S. The molecule has 28 heavy (non-hydrogen) atoms. The predicted octanol–water partition coefficient (Wildman–Crippen LogP) is 0.150. The minimum Gasteiger partial charge on any atom is -0.348 e. The van der Waals surface area contributed by atoms with Crippen LogP contribution in [0.25, 0.3) is 0 Å². The summed E-state index contributed by atoms with van der Waals surface area (Å²) in [5.41, 5.74) is 0.927. The van der Waals surface area contributed by atoms with Crippen LogP contribution in [0, 0.1) is 0 Å². The molecule has 1 aliphatic rings. The maximum Gasteiger partial charge on any atom is 0.240 e. The molecule has 0 radical (unpaired) electrons. The molecule has 1 N–H and O–H groups in total. The van der Waals surface area contributed by atoms with E-state index in [1.807, 2.05) is 4.90 Å². The lowest BCUT2D eigenvalue weighted by atomic mass is 10.1. The van der Waals surface area contributed by atoms with Gasteiger partial charge < -0.3 is 9.80 Å². The summed E-state index contributed by atoms with van der Waals surface area (Å²) in [5, 5.41) is 0. The van der Waals surface area contributed by atoms with Crippen molar-refractivity contribution in [3.8, 4) is 0 Å². The summed E-state index contributed by atoms with van der Waals surface area (Å²) in [5.74, 6) is 0.163. The highest BCUT2D eigenvalue weighted by Crippen LogP contribution is 2.13. The van der Waals surface area contributed by atoms with Gasteiger partial charge >= 0.3 is 0 Å². The van der Waals surface area contributed by atoms with Gasteiger partial charge in [-0.05, 0) is 37.6 Å². The third-order valence-corrected chi connectivity index (χ3v) is 6.36. The summed E-state index contributed by atoms with van der Waals surface area (Å²) in [6.07, 6.45) is 1.80. The second kappa shape index (κ2) is 9.99. The average Bonchev–Trinajstić information content (AvgIpc) is 2.92. The topological polar surface area (TPSA) is 90.0 Å². The molecule has 1 fully saturated rings. The predicted molar refractivity (Wildman–Crippen MR) is 107 cm³/mol. The Balaban J connectivity index is 1.84. The molecule has 1 aromatic rings. The smallest absolute Gasteiger partial charge is 0.240 e. The van der Waals surface area contributed by atoms with Gasteiger partial charge in [-0.15, -0.1) is 0 Å². The van der Waals surface area contributed by atoms with Crippen LogP contribution in [-0.4, -0.2) is 88.8 Å². The summed E-state index contributed by atoms with van der Waals surface area (Å²) in [6, 6.07) is 6.59. The van der Waals surface area contributed by atoms with Gasteiger partial charge in [0.15, 0.2) is 0 Å². The number of likely N-dealkylation sites (N-methyl/N-ethyl adjacent to an activating group) is 1. The molecule has 1 heterocycles. The van der Waals surface area contributed by atoms with Crippen LogP contribution >= 0.6 is 0 Å². The van der Waals surface area contributed by atoms with Crippen LogP contribution < -0.4 is 4.72 Å². The van der Waals surface area contributed by atoms with Crippen LogP contribution in [0.15, 0.2) is 29.2 Å². The van der Waals surface area contributed by atoms with E-state index in [0.29, 0.717) is 39.0 Å². The van der Waals surface area contributed by atoms with Crippen LogP contribution in [0.5, 0.6) is 0 Å². The lowest BCUT2D eigenvalue weighted by Gasteiger charge is -2.22. The van der Waals surface area contributed by atoms with Gasteiger partial charge in [-0.25, -0.2) is 13.1 Å². The van der Waals surface area contributed by atoms with Crippen molar-refractivity contribution in [1.82, 2.24) is 19.4 Å². The first-order valence-electron chi connectivity index (χ1n) is 9.45. The van der Waals surface area contributed by atoms with Gasteiger partial charge in [0.25, 0.3) is 0 Å². The van der Waals surface area contributed by atoms with Crippen molar-refractivity contribution in [3.63, 3.8) is 0 Å². The van der Waals surface area contributed by atoms with Crippen molar-refractivity contribution in [2.24, 2.45) is 0 Å². The van der Waals surface area contributed by atoms with Gasteiger partial charge in [-0.2, -0.15) is 0 Å². The molecule has 0 aliphatic carbocycles. The Hall–Kier alpha value is -1.97. The molecule has 0 saturated carbocycles. The number of amides is 2. The molecule has 1 saturated heterocycles. The number of nitrogens with zero attached hydrogens (tertiary/aromatic N) is 3. The minimum absolute atomic E-state index is 0.0727. The number of benzene rings is 1. The molecule has 1 aromatic carbocycles. The van der Waals surface area contributed by atoms with Crippen molar-refractivity contribution >= 4 is 21.8 Å². The number of rotatable bonds is 7. The Morgan fingerprint density at radius 3 is 2.36 bits per heavy atom. The van der Waals surface area contributed by atoms with E-state index in [0.717, 1.165) is 18.5 Å². The van der Waals surface area contributed by atoms with Gasteiger partial charge in [0.05, 0.1) is 11.4 Å². The quantitative estimate of drug-likeness (QED) is 0.691. The van der Waals surface area contributed by atoms with Crippen molar-refractivity contribution in [3.05, 3.63) is 29.8 Å². The Morgan fingerprint density at radius 1 is 1.07 bits per heavy atom. The van der Waals surface area contributed by atoms with E-state index in [9.17, 15) is 18.0 Å². The summed E-state index contributed by atoms with van der Waals surface area (Å²) < 4.78 is 25.8. The Kier molecular flexibility index (Phi) is 7.97. The molecule has 1 aliphatic heterocycles. The van der Waals surface area contributed by atoms with E-state index in [2.05, 4.69) is 9.62 Å². The van der Waals surface area contributed by atoms with Gasteiger partial charge in [-0.3, -0.25) is 14.5 Å². The lowest BCUT2D eigenvalue weighted by molar-refractivity contribution is -0.131. The molecule has 0 aromatic heterocycles. The molecule has 9 heteroatoms. The first-order chi connectivity index (χ1) is 13.2. The van der Waals surface area contributed by atoms with Crippen molar-refractivity contribution in [2.45, 2.75) is 24.2 Å². The van der Waals surface area contributed by atoms with E-state index < -0.39 is 10.0 Å². The molecule has 8 nitrogen and oxygen atoms in total. The third kappa shape index (κ3) is 6.29. The highest BCUT2D eigenvalue weighted by Gasteiger charge is 2.21. The summed E-state index contributed by atoms with van der Waals surface area (Å²) in [7, 11) is 1.43. The van der Waals surface area contributed by atoms with Gasteiger partial charge in [0.1, 0.15) is 0 Å². The maximum atomic E-state index is 12.6. The second-order valence-corrected chi connectivity index (χ2v) is 9.04. The fourth-order valence-corrected chi connectivity index (χ4v) is 3.80. The number of carbonyl (C=O) groups excluding carboxylic acids is 2. The fraction of sp³-hybridized carbons (Fsp3) is 0.579. The zero-order valence-electron chi connectivity index (χ0n) is 16.8. The number of carbonyl (C=O) groups is 2. The number of aryl methyl sites for hydroxylation is 1.